The number of furan rings is 1. The van der Waals surface area contributed by atoms with Crippen molar-refractivity contribution in [2.45, 2.75) is 6.54 Å². The average molecular weight is 451 g/mol. The molecular weight excluding hydrogens is 437 g/mol. The smallest absolute Gasteiger partial charge is 0.313 e. The highest BCUT2D eigenvalue weighted by atomic mass is 35.5. The lowest BCUT2D eigenvalue weighted by molar-refractivity contribution is -0.136. The number of hydrogen-bond donors (Lipinski definition) is 2. The molecule has 0 aliphatic carbocycles. The van der Waals surface area contributed by atoms with E-state index in [9.17, 15) is 9.59 Å². The molecule has 1 aromatic heterocycles. The number of nitrogens with one attached hydrogen (secondary N) is 2. The first-order valence-electron chi connectivity index (χ1n) is 8.33. The maximum atomic E-state index is 11.9. The second-order valence-electron chi connectivity index (χ2n) is 5.81. The van der Waals surface area contributed by atoms with E-state index in [2.05, 4.69) is 15.6 Å². The summed E-state index contributed by atoms with van der Waals surface area (Å²) in [6.45, 7) is 0.0441. The normalized spacial score (nSPS) is 10.9. The minimum absolute atomic E-state index is 0.0441. The van der Waals surface area contributed by atoms with Crippen LogP contribution >= 0.6 is 34.8 Å². The highest BCUT2D eigenvalue weighted by Gasteiger charge is 2.14. The second-order valence-corrected chi connectivity index (χ2v) is 7.06. The molecule has 0 saturated heterocycles. The fraction of sp³-hybridized carbons (Fsp3) is 0.0500. The Hall–Kier alpha value is -2.80. The van der Waals surface area contributed by atoms with Crippen LogP contribution < -0.4 is 10.6 Å². The highest BCUT2D eigenvalue weighted by Crippen LogP contribution is 2.26. The van der Waals surface area contributed by atoms with Crippen molar-refractivity contribution in [2.24, 2.45) is 4.99 Å². The molecule has 2 N–H and O–H groups in total. The molecule has 0 atom stereocenters. The summed E-state index contributed by atoms with van der Waals surface area (Å²) in [4.78, 5) is 28.1. The van der Waals surface area contributed by atoms with Gasteiger partial charge in [-0.05, 0) is 48.5 Å². The number of nitrogens with zero attached hydrogens (tertiary/aromatic N) is 1. The van der Waals surface area contributed by atoms with Crippen LogP contribution in [-0.2, 0) is 16.1 Å². The number of benzene rings is 2. The molecule has 29 heavy (non-hydrogen) atoms. The van der Waals surface area contributed by atoms with Crippen molar-refractivity contribution in [3.05, 3.63) is 81.2 Å². The first-order valence-corrected chi connectivity index (χ1v) is 9.47. The van der Waals surface area contributed by atoms with Gasteiger partial charge in [-0.25, -0.2) is 0 Å². The molecule has 2 amide bonds. The van der Waals surface area contributed by atoms with Gasteiger partial charge >= 0.3 is 11.8 Å². The Balaban J connectivity index is 1.53. The summed E-state index contributed by atoms with van der Waals surface area (Å²) in [5.74, 6) is -0.666. The van der Waals surface area contributed by atoms with Gasteiger partial charge in [-0.2, -0.15) is 0 Å². The van der Waals surface area contributed by atoms with E-state index in [1.54, 1.807) is 54.6 Å². The van der Waals surface area contributed by atoms with Crippen molar-refractivity contribution < 1.29 is 14.0 Å². The molecule has 0 spiro atoms. The van der Waals surface area contributed by atoms with Crippen molar-refractivity contribution in [2.75, 3.05) is 5.32 Å². The van der Waals surface area contributed by atoms with E-state index in [1.165, 1.54) is 6.21 Å². The lowest BCUT2D eigenvalue weighted by Crippen LogP contribution is -2.34. The van der Waals surface area contributed by atoms with Crippen molar-refractivity contribution in [3.8, 4) is 0 Å². The molecular formula is C20H14Cl3N3O3. The Morgan fingerprint density at radius 2 is 1.79 bits per heavy atom. The number of halogens is 3. The van der Waals surface area contributed by atoms with Gasteiger partial charge in [0.05, 0.1) is 28.5 Å². The molecule has 9 heteroatoms. The molecule has 3 aromatic rings. The Bertz CT molecular complexity index is 1080. The summed E-state index contributed by atoms with van der Waals surface area (Å²) < 4.78 is 5.55. The quantitative estimate of drug-likeness (QED) is 0.411. The molecule has 0 bridgehead atoms. The number of hydrogen-bond acceptors (Lipinski definition) is 4. The van der Waals surface area contributed by atoms with E-state index in [4.69, 9.17) is 39.2 Å². The van der Waals surface area contributed by atoms with E-state index in [1.807, 2.05) is 0 Å². The molecule has 3 rings (SSSR count). The van der Waals surface area contributed by atoms with Crippen LogP contribution in [0.15, 0.2) is 64.0 Å². The van der Waals surface area contributed by atoms with Gasteiger partial charge in [-0.1, -0.05) is 40.9 Å². The van der Waals surface area contributed by atoms with Crippen LogP contribution in [0.5, 0.6) is 0 Å². The van der Waals surface area contributed by atoms with E-state index in [0.717, 1.165) is 0 Å². The maximum Gasteiger partial charge on any atom is 0.313 e. The summed E-state index contributed by atoms with van der Waals surface area (Å²) in [5, 5.41) is 6.24. The lowest BCUT2D eigenvalue weighted by atomic mass is 10.3. The standard InChI is InChI=1S/C20H14Cl3N3O3/c21-12-2-1-3-14(8-12)26-20(28)19(27)25-11-16-6-5-15(29-16)10-24-13-4-7-17(22)18(23)9-13/h1-10H,11H2,(H,25,27)(H,26,28). The van der Waals surface area contributed by atoms with Crippen molar-refractivity contribution >= 4 is 64.2 Å². The zero-order valence-electron chi connectivity index (χ0n) is 14.8. The molecule has 0 radical (unpaired) electrons. The van der Waals surface area contributed by atoms with Crippen LogP contribution in [0.25, 0.3) is 0 Å². The van der Waals surface area contributed by atoms with Crippen LogP contribution in [-0.4, -0.2) is 18.0 Å². The van der Waals surface area contributed by atoms with E-state index < -0.39 is 11.8 Å². The number of carbonyl (C=O) groups excluding carboxylic acids is 2. The second kappa shape index (κ2) is 9.60. The van der Waals surface area contributed by atoms with Crippen LogP contribution in [0.4, 0.5) is 11.4 Å². The summed E-state index contributed by atoms with van der Waals surface area (Å²) >= 11 is 17.7. The number of carbonyl (C=O) groups is 2. The first-order chi connectivity index (χ1) is 13.9. The molecule has 148 valence electrons. The Morgan fingerprint density at radius 3 is 2.55 bits per heavy atom. The third-order valence-electron chi connectivity index (χ3n) is 3.64. The summed E-state index contributed by atoms with van der Waals surface area (Å²) in [6.07, 6.45) is 1.51. The molecule has 0 unspecified atom stereocenters. The topological polar surface area (TPSA) is 83.7 Å². The summed E-state index contributed by atoms with van der Waals surface area (Å²) in [6, 6.07) is 14.8. The number of rotatable bonds is 5. The van der Waals surface area contributed by atoms with Gasteiger partial charge in [-0.3, -0.25) is 14.6 Å². The van der Waals surface area contributed by atoms with Crippen molar-refractivity contribution in [1.29, 1.82) is 0 Å². The highest BCUT2D eigenvalue weighted by molar-refractivity contribution is 6.42. The Morgan fingerprint density at radius 1 is 0.966 bits per heavy atom. The Kier molecular flexibility index (Phi) is 6.93. The van der Waals surface area contributed by atoms with E-state index >= 15 is 0 Å². The van der Waals surface area contributed by atoms with Crippen LogP contribution in [0.1, 0.15) is 11.5 Å². The average Bonchev–Trinajstić information content (AvgIpc) is 3.15. The third-order valence-corrected chi connectivity index (χ3v) is 4.61. The maximum absolute atomic E-state index is 11.9. The summed E-state index contributed by atoms with van der Waals surface area (Å²) in [7, 11) is 0. The lowest BCUT2D eigenvalue weighted by Gasteiger charge is -2.05. The monoisotopic (exact) mass is 449 g/mol. The number of amides is 2. The van der Waals surface area contributed by atoms with Crippen molar-refractivity contribution in [3.63, 3.8) is 0 Å². The van der Waals surface area contributed by atoms with E-state index in [0.29, 0.717) is 38.0 Å². The molecule has 0 aliphatic heterocycles. The zero-order chi connectivity index (χ0) is 20.8. The Labute approximate surface area is 181 Å². The molecule has 0 saturated carbocycles. The van der Waals surface area contributed by atoms with Crippen LogP contribution in [0, 0.1) is 0 Å². The molecule has 0 aliphatic rings. The van der Waals surface area contributed by atoms with Gasteiger partial charge in [0.2, 0.25) is 0 Å². The molecule has 2 aromatic carbocycles. The minimum atomic E-state index is -0.805. The van der Waals surface area contributed by atoms with Crippen LogP contribution in [0.3, 0.4) is 0 Å². The minimum Gasteiger partial charge on any atom is -0.458 e. The van der Waals surface area contributed by atoms with Crippen molar-refractivity contribution in [1.82, 2.24) is 5.32 Å². The molecule has 6 nitrogen and oxygen atoms in total. The molecule has 0 fully saturated rings. The zero-order valence-corrected chi connectivity index (χ0v) is 17.1. The van der Waals surface area contributed by atoms with Gasteiger partial charge in [-0.15, -0.1) is 0 Å². The predicted octanol–water partition coefficient (Wildman–Crippen LogP) is 5.25. The van der Waals surface area contributed by atoms with Gasteiger partial charge in [0, 0.05) is 10.7 Å². The summed E-state index contributed by atoms with van der Waals surface area (Å²) in [5.41, 5.74) is 1.04. The van der Waals surface area contributed by atoms with Gasteiger partial charge in [0.15, 0.2) is 0 Å². The number of aliphatic imine (C=N–C) groups is 1. The fourth-order valence-electron chi connectivity index (χ4n) is 2.26. The number of anilines is 1. The van der Waals surface area contributed by atoms with Gasteiger partial charge < -0.3 is 15.1 Å². The van der Waals surface area contributed by atoms with E-state index in [-0.39, 0.29) is 6.54 Å². The van der Waals surface area contributed by atoms with Gasteiger partial charge in [0.25, 0.3) is 0 Å². The van der Waals surface area contributed by atoms with Gasteiger partial charge in [0.1, 0.15) is 11.5 Å². The largest absolute Gasteiger partial charge is 0.458 e. The van der Waals surface area contributed by atoms with Crippen LogP contribution in [0.2, 0.25) is 15.1 Å². The third kappa shape index (κ3) is 6.09. The fourth-order valence-corrected chi connectivity index (χ4v) is 2.75. The first kappa shape index (κ1) is 20.9. The SMILES string of the molecule is O=C(NCc1ccc(C=Nc2ccc(Cl)c(Cl)c2)o1)C(=O)Nc1cccc(Cl)c1. The molecule has 1 heterocycles. The predicted molar refractivity (Wildman–Crippen MR) is 114 cm³/mol.